The summed E-state index contributed by atoms with van der Waals surface area (Å²) < 4.78 is 1.78. The lowest BCUT2D eigenvalue weighted by molar-refractivity contribution is 0.0929. The van der Waals surface area contributed by atoms with E-state index in [1.165, 1.54) is 0 Å². The third kappa shape index (κ3) is 2.64. The molecule has 2 N–H and O–H groups in total. The summed E-state index contributed by atoms with van der Waals surface area (Å²) in [6, 6.07) is -0.134. The van der Waals surface area contributed by atoms with E-state index < -0.39 is 0 Å². The van der Waals surface area contributed by atoms with Crippen molar-refractivity contribution in [1.29, 1.82) is 0 Å². The number of aryl methyl sites for hydroxylation is 2. The second-order valence-corrected chi connectivity index (χ2v) is 4.46. The van der Waals surface area contributed by atoms with Crippen LogP contribution in [0.25, 0.3) is 0 Å². The molecule has 2 rings (SSSR count). The van der Waals surface area contributed by atoms with Crippen LogP contribution in [0.1, 0.15) is 47.6 Å². The first-order chi connectivity index (χ1) is 9.02. The smallest absolute Gasteiger partial charge is 0.291 e. The summed E-state index contributed by atoms with van der Waals surface area (Å²) >= 11 is 0. The molecule has 0 spiro atoms. The van der Waals surface area contributed by atoms with E-state index in [9.17, 15) is 4.79 Å². The number of amides is 1. The Balaban J connectivity index is 2.08. The first kappa shape index (κ1) is 13.3. The number of carbonyl (C=O) groups excluding carboxylic acids is 1. The molecule has 1 amide bonds. The number of rotatable bonds is 4. The van der Waals surface area contributed by atoms with Crippen LogP contribution in [0.3, 0.4) is 0 Å². The van der Waals surface area contributed by atoms with Crippen LogP contribution in [0.2, 0.25) is 0 Å². The SMILES string of the molecule is CCc1nc(C(=O)NC(C)c2cnn(C)c2C)n[nH]1. The number of carbonyl (C=O) groups is 1. The summed E-state index contributed by atoms with van der Waals surface area (Å²) in [5.41, 5.74) is 2.01. The molecule has 7 heteroatoms. The van der Waals surface area contributed by atoms with E-state index in [2.05, 4.69) is 25.6 Å². The third-order valence-electron chi connectivity index (χ3n) is 3.16. The Morgan fingerprint density at radius 2 is 2.32 bits per heavy atom. The third-order valence-corrected chi connectivity index (χ3v) is 3.16. The maximum Gasteiger partial charge on any atom is 0.291 e. The summed E-state index contributed by atoms with van der Waals surface area (Å²) in [4.78, 5) is 16.1. The van der Waals surface area contributed by atoms with Crippen LogP contribution >= 0.6 is 0 Å². The minimum Gasteiger partial charge on any atom is -0.343 e. The average molecular weight is 262 g/mol. The fraction of sp³-hybridized carbons (Fsp3) is 0.500. The summed E-state index contributed by atoms with van der Waals surface area (Å²) in [6.07, 6.45) is 2.48. The maximum atomic E-state index is 12.0. The van der Waals surface area contributed by atoms with E-state index in [1.54, 1.807) is 10.9 Å². The van der Waals surface area contributed by atoms with E-state index in [4.69, 9.17) is 0 Å². The predicted molar refractivity (Wildman–Crippen MR) is 69.6 cm³/mol. The summed E-state index contributed by atoms with van der Waals surface area (Å²) in [6.45, 7) is 5.83. The molecule has 19 heavy (non-hydrogen) atoms. The first-order valence-electron chi connectivity index (χ1n) is 6.23. The summed E-state index contributed by atoms with van der Waals surface area (Å²) in [7, 11) is 1.87. The van der Waals surface area contributed by atoms with Crippen molar-refractivity contribution in [1.82, 2.24) is 30.3 Å². The second kappa shape index (κ2) is 5.21. The Kier molecular flexibility index (Phi) is 3.64. The molecule has 2 aromatic rings. The zero-order valence-corrected chi connectivity index (χ0v) is 11.6. The van der Waals surface area contributed by atoms with Crippen LogP contribution in [0.15, 0.2) is 6.20 Å². The van der Waals surface area contributed by atoms with Crippen LogP contribution in [0.5, 0.6) is 0 Å². The lowest BCUT2D eigenvalue weighted by atomic mass is 10.1. The maximum absolute atomic E-state index is 12.0. The highest BCUT2D eigenvalue weighted by Gasteiger charge is 2.18. The van der Waals surface area contributed by atoms with Gasteiger partial charge in [-0.3, -0.25) is 14.6 Å². The van der Waals surface area contributed by atoms with Crippen LogP contribution in [0, 0.1) is 6.92 Å². The van der Waals surface area contributed by atoms with Crippen molar-refractivity contribution in [3.63, 3.8) is 0 Å². The van der Waals surface area contributed by atoms with Gasteiger partial charge in [0, 0.05) is 24.7 Å². The molecule has 1 unspecified atom stereocenters. The molecular weight excluding hydrogens is 244 g/mol. The van der Waals surface area contributed by atoms with Crippen molar-refractivity contribution >= 4 is 5.91 Å². The Labute approximate surface area is 111 Å². The minimum absolute atomic E-state index is 0.134. The van der Waals surface area contributed by atoms with Gasteiger partial charge in [0.15, 0.2) is 0 Å². The first-order valence-corrected chi connectivity index (χ1v) is 6.23. The van der Waals surface area contributed by atoms with E-state index >= 15 is 0 Å². The molecule has 0 saturated heterocycles. The highest BCUT2D eigenvalue weighted by Crippen LogP contribution is 2.16. The van der Waals surface area contributed by atoms with Crippen molar-refractivity contribution in [3.05, 3.63) is 29.1 Å². The Morgan fingerprint density at radius 1 is 1.58 bits per heavy atom. The van der Waals surface area contributed by atoms with Gasteiger partial charge in [0.25, 0.3) is 5.91 Å². The van der Waals surface area contributed by atoms with Gasteiger partial charge < -0.3 is 5.32 Å². The normalized spacial score (nSPS) is 12.4. The summed E-state index contributed by atoms with van der Waals surface area (Å²) in [5, 5.41) is 13.6. The molecule has 0 aliphatic rings. The van der Waals surface area contributed by atoms with Crippen molar-refractivity contribution in [2.24, 2.45) is 7.05 Å². The fourth-order valence-electron chi connectivity index (χ4n) is 1.83. The van der Waals surface area contributed by atoms with Crippen molar-refractivity contribution in [2.75, 3.05) is 0 Å². The molecule has 1 atom stereocenters. The number of hydrogen-bond acceptors (Lipinski definition) is 4. The number of H-pyrrole nitrogens is 1. The molecule has 0 saturated carbocycles. The van der Waals surface area contributed by atoms with Gasteiger partial charge >= 0.3 is 0 Å². The van der Waals surface area contributed by atoms with Gasteiger partial charge in [-0.05, 0) is 13.8 Å². The molecule has 2 heterocycles. The molecule has 2 aromatic heterocycles. The van der Waals surface area contributed by atoms with Crippen molar-refractivity contribution in [2.45, 2.75) is 33.2 Å². The van der Waals surface area contributed by atoms with Gasteiger partial charge in [-0.2, -0.15) is 5.10 Å². The van der Waals surface area contributed by atoms with Crippen LogP contribution < -0.4 is 5.32 Å². The van der Waals surface area contributed by atoms with Gasteiger partial charge in [0.05, 0.1) is 12.2 Å². The molecule has 0 fully saturated rings. The molecular formula is C12H18N6O. The zero-order chi connectivity index (χ0) is 14.0. The van der Waals surface area contributed by atoms with E-state index in [0.29, 0.717) is 5.82 Å². The minimum atomic E-state index is -0.285. The van der Waals surface area contributed by atoms with Crippen molar-refractivity contribution in [3.8, 4) is 0 Å². The lowest BCUT2D eigenvalue weighted by Gasteiger charge is -2.12. The molecule has 102 valence electrons. The van der Waals surface area contributed by atoms with Crippen LogP contribution in [0.4, 0.5) is 0 Å². The van der Waals surface area contributed by atoms with Crippen molar-refractivity contribution < 1.29 is 4.79 Å². The standard InChI is InChI=1S/C12H18N6O/c1-5-10-15-11(17-16-10)12(19)14-7(2)9-6-13-18(4)8(9)3/h6-7H,5H2,1-4H3,(H,14,19)(H,15,16,17). The number of nitrogens with one attached hydrogen (secondary N) is 2. The highest BCUT2D eigenvalue weighted by molar-refractivity contribution is 5.90. The zero-order valence-electron chi connectivity index (χ0n) is 11.6. The average Bonchev–Trinajstić information content (AvgIpc) is 2.98. The molecule has 0 aliphatic heterocycles. The van der Waals surface area contributed by atoms with E-state index in [1.807, 2.05) is 27.8 Å². The van der Waals surface area contributed by atoms with Gasteiger partial charge in [0.2, 0.25) is 5.82 Å². The Hall–Kier alpha value is -2.18. The van der Waals surface area contributed by atoms with Gasteiger partial charge in [-0.25, -0.2) is 4.98 Å². The molecule has 0 aliphatic carbocycles. The molecule has 0 bridgehead atoms. The quantitative estimate of drug-likeness (QED) is 0.856. The lowest BCUT2D eigenvalue weighted by Crippen LogP contribution is -2.28. The monoisotopic (exact) mass is 262 g/mol. The van der Waals surface area contributed by atoms with Gasteiger partial charge in [0.1, 0.15) is 5.82 Å². The number of aromatic amines is 1. The molecule has 7 nitrogen and oxygen atoms in total. The topological polar surface area (TPSA) is 88.5 Å². The number of hydrogen-bond donors (Lipinski definition) is 2. The van der Waals surface area contributed by atoms with E-state index in [0.717, 1.165) is 17.7 Å². The van der Waals surface area contributed by atoms with Gasteiger partial charge in [-0.15, -0.1) is 5.10 Å². The highest BCUT2D eigenvalue weighted by atomic mass is 16.2. The fourth-order valence-corrected chi connectivity index (χ4v) is 1.83. The largest absolute Gasteiger partial charge is 0.343 e. The van der Waals surface area contributed by atoms with E-state index in [-0.39, 0.29) is 17.8 Å². The Bertz CT molecular complexity index is 585. The van der Waals surface area contributed by atoms with Crippen LogP contribution in [-0.4, -0.2) is 30.9 Å². The number of nitrogens with zero attached hydrogens (tertiary/aromatic N) is 4. The molecule has 0 aromatic carbocycles. The van der Waals surface area contributed by atoms with Gasteiger partial charge in [-0.1, -0.05) is 6.92 Å². The Morgan fingerprint density at radius 3 is 2.84 bits per heavy atom. The predicted octanol–water partition coefficient (Wildman–Crippen LogP) is 0.900. The summed E-state index contributed by atoms with van der Waals surface area (Å²) in [5.74, 6) is 0.590. The second-order valence-electron chi connectivity index (χ2n) is 4.46. The van der Waals surface area contributed by atoms with Crippen LogP contribution in [-0.2, 0) is 13.5 Å². The molecule has 0 radical (unpaired) electrons. The number of aromatic nitrogens is 5.